The Hall–Kier alpha value is -4.89. The lowest BCUT2D eigenvalue weighted by Gasteiger charge is -2.42. The van der Waals surface area contributed by atoms with Crippen molar-refractivity contribution in [3.05, 3.63) is 108 Å². The van der Waals surface area contributed by atoms with E-state index in [-0.39, 0.29) is 36.9 Å². The summed E-state index contributed by atoms with van der Waals surface area (Å²) in [6.07, 6.45) is 2.28. The Kier molecular flexibility index (Phi) is 9.68. The number of ether oxygens (including phenoxy) is 1. The highest BCUT2D eigenvalue weighted by Crippen LogP contribution is 2.33. The number of para-hydroxylation sites is 2. The maximum absolute atomic E-state index is 14.6. The van der Waals surface area contributed by atoms with Crippen molar-refractivity contribution in [3.63, 3.8) is 0 Å². The van der Waals surface area contributed by atoms with Gasteiger partial charge >= 0.3 is 6.09 Å². The minimum Gasteiger partial charge on any atom is -0.444 e. The van der Waals surface area contributed by atoms with Crippen molar-refractivity contribution in [2.75, 3.05) is 31.5 Å². The van der Waals surface area contributed by atoms with E-state index in [1.54, 1.807) is 4.90 Å². The highest BCUT2D eigenvalue weighted by Gasteiger charge is 2.36. The Morgan fingerprint density at radius 2 is 1.56 bits per heavy atom. The van der Waals surface area contributed by atoms with Crippen LogP contribution in [0.5, 0.6) is 0 Å². The number of hydrogen-bond acceptors (Lipinski definition) is 5. The molecule has 0 unspecified atom stereocenters. The summed E-state index contributed by atoms with van der Waals surface area (Å²) in [5, 5.41) is 2.97. The van der Waals surface area contributed by atoms with Gasteiger partial charge in [0.15, 0.2) is 0 Å². The van der Waals surface area contributed by atoms with E-state index in [1.807, 2.05) is 127 Å². The molecule has 0 radical (unpaired) electrons. The first kappa shape index (κ1) is 31.5. The zero-order valence-electron chi connectivity index (χ0n) is 26.1. The molecule has 1 aliphatic rings. The number of carbonyl (C=O) groups is 3. The van der Waals surface area contributed by atoms with Crippen molar-refractivity contribution in [2.24, 2.45) is 5.73 Å². The molecule has 0 saturated carbocycles. The Balaban J connectivity index is 1.53. The van der Waals surface area contributed by atoms with Crippen LogP contribution in [0.3, 0.4) is 0 Å². The van der Waals surface area contributed by atoms with Crippen LogP contribution >= 0.6 is 0 Å². The summed E-state index contributed by atoms with van der Waals surface area (Å²) < 4.78 is 7.63. The third-order valence-electron chi connectivity index (χ3n) is 7.68. The van der Waals surface area contributed by atoms with Gasteiger partial charge in [0.05, 0.1) is 28.7 Å². The first-order chi connectivity index (χ1) is 21.6. The van der Waals surface area contributed by atoms with Gasteiger partial charge in [-0.1, -0.05) is 72.8 Å². The van der Waals surface area contributed by atoms with Gasteiger partial charge in [0.25, 0.3) is 5.91 Å². The molecule has 3 N–H and O–H groups in total. The number of anilines is 1. The Bertz CT molecular complexity index is 1630. The quantitative estimate of drug-likeness (QED) is 0.266. The van der Waals surface area contributed by atoms with Crippen LogP contribution in [0.1, 0.15) is 43.1 Å². The molecule has 1 saturated heterocycles. The van der Waals surface area contributed by atoms with Crippen molar-refractivity contribution in [3.8, 4) is 16.9 Å². The topological polar surface area (TPSA) is 110 Å². The van der Waals surface area contributed by atoms with Gasteiger partial charge in [-0.2, -0.15) is 0 Å². The fourth-order valence-electron chi connectivity index (χ4n) is 5.66. The second-order valence-corrected chi connectivity index (χ2v) is 12.2. The summed E-state index contributed by atoms with van der Waals surface area (Å²) in [6, 6.07) is 28.8. The van der Waals surface area contributed by atoms with Crippen molar-refractivity contribution < 1.29 is 19.1 Å². The number of nitrogens with two attached hydrogens (primary N) is 1. The van der Waals surface area contributed by atoms with Crippen molar-refractivity contribution in [2.45, 2.75) is 45.3 Å². The molecule has 2 heterocycles. The molecule has 9 heteroatoms. The van der Waals surface area contributed by atoms with E-state index in [0.29, 0.717) is 43.0 Å². The number of aromatic nitrogens is 1. The second-order valence-electron chi connectivity index (χ2n) is 12.2. The Morgan fingerprint density at radius 1 is 0.889 bits per heavy atom. The molecule has 45 heavy (non-hydrogen) atoms. The van der Waals surface area contributed by atoms with Gasteiger partial charge in [-0.3, -0.25) is 9.59 Å². The molecule has 0 aliphatic carbocycles. The van der Waals surface area contributed by atoms with E-state index in [2.05, 4.69) is 5.32 Å². The van der Waals surface area contributed by atoms with Gasteiger partial charge in [-0.05, 0) is 56.5 Å². The lowest BCUT2D eigenvalue weighted by Crippen LogP contribution is -2.57. The number of piperazine rings is 1. The van der Waals surface area contributed by atoms with Crippen LogP contribution in [0.25, 0.3) is 16.9 Å². The third kappa shape index (κ3) is 7.61. The molecule has 9 nitrogen and oxygen atoms in total. The highest BCUT2D eigenvalue weighted by atomic mass is 16.6. The van der Waals surface area contributed by atoms with E-state index in [9.17, 15) is 14.4 Å². The molecule has 1 aliphatic heterocycles. The fraction of sp³-hybridized carbons (Fsp3) is 0.306. The summed E-state index contributed by atoms with van der Waals surface area (Å²) in [4.78, 5) is 43.7. The van der Waals surface area contributed by atoms with Crippen LogP contribution in [-0.4, -0.2) is 70.1 Å². The standard InChI is InChI=1S/C36H41N5O4/c1-36(2,3)45-35(44)39-22-23-40(28(25-39)24-26-12-6-4-7-13-26)34(43)29-19-21-41(33(29)27-14-8-5-9-15-27)31-17-11-10-16-30(31)38-32(42)18-20-37/h4-17,19,21,28H,18,20,22-25,37H2,1-3H3,(H,38,42)/t28-/m1/s1. The summed E-state index contributed by atoms with van der Waals surface area (Å²) in [5.74, 6) is -0.302. The van der Waals surface area contributed by atoms with Crippen LogP contribution in [-0.2, 0) is 16.0 Å². The van der Waals surface area contributed by atoms with Crippen molar-refractivity contribution in [1.29, 1.82) is 0 Å². The van der Waals surface area contributed by atoms with Gasteiger partial charge in [0, 0.05) is 38.8 Å². The minimum absolute atomic E-state index is 0.123. The van der Waals surface area contributed by atoms with Crippen LogP contribution in [0, 0.1) is 0 Å². The first-order valence-electron chi connectivity index (χ1n) is 15.3. The molecule has 4 aromatic rings. The maximum atomic E-state index is 14.6. The molecule has 5 rings (SSSR count). The molecule has 3 aromatic carbocycles. The summed E-state index contributed by atoms with van der Waals surface area (Å²) in [7, 11) is 0. The molecule has 0 bridgehead atoms. The lowest BCUT2D eigenvalue weighted by atomic mass is 10.00. The number of hydrogen-bond donors (Lipinski definition) is 2. The fourth-order valence-corrected chi connectivity index (χ4v) is 5.66. The Morgan fingerprint density at radius 3 is 2.24 bits per heavy atom. The average molecular weight is 608 g/mol. The molecular weight excluding hydrogens is 566 g/mol. The minimum atomic E-state index is -0.619. The van der Waals surface area contributed by atoms with Crippen LogP contribution in [0.15, 0.2) is 97.2 Å². The molecular formula is C36H41N5O4. The summed E-state index contributed by atoms with van der Waals surface area (Å²) in [6.45, 7) is 6.88. The number of benzene rings is 3. The average Bonchev–Trinajstić information content (AvgIpc) is 3.46. The number of nitrogens with one attached hydrogen (secondary N) is 1. The molecule has 1 fully saturated rings. The monoisotopic (exact) mass is 607 g/mol. The van der Waals surface area contributed by atoms with E-state index in [0.717, 1.165) is 16.8 Å². The Labute approximate surface area is 264 Å². The third-order valence-corrected chi connectivity index (χ3v) is 7.68. The zero-order chi connectivity index (χ0) is 32.0. The van der Waals surface area contributed by atoms with Crippen molar-refractivity contribution in [1.82, 2.24) is 14.4 Å². The smallest absolute Gasteiger partial charge is 0.410 e. The summed E-state index contributed by atoms with van der Waals surface area (Å²) >= 11 is 0. The largest absolute Gasteiger partial charge is 0.444 e. The van der Waals surface area contributed by atoms with Crippen LogP contribution < -0.4 is 11.1 Å². The molecule has 0 spiro atoms. The number of amides is 3. The normalized spacial score (nSPS) is 15.1. The van der Waals surface area contributed by atoms with E-state index in [1.165, 1.54) is 0 Å². The SMILES string of the molecule is CC(C)(C)OC(=O)N1CCN(C(=O)c2ccn(-c3ccccc3NC(=O)CCN)c2-c2ccccc2)[C@H](Cc2ccccc2)C1. The second kappa shape index (κ2) is 13.8. The van der Waals surface area contributed by atoms with Gasteiger partial charge in [-0.25, -0.2) is 4.79 Å². The summed E-state index contributed by atoms with van der Waals surface area (Å²) in [5.41, 5.74) is 9.54. The van der Waals surface area contributed by atoms with Crippen LogP contribution in [0.2, 0.25) is 0 Å². The van der Waals surface area contributed by atoms with Crippen LogP contribution in [0.4, 0.5) is 10.5 Å². The lowest BCUT2D eigenvalue weighted by molar-refractivity contribution is -0.116. The number of carbonyl (C=O) groups excluding carboxylic acids is 3. The number of nitrogens with zero attached hydrogens (tertiary/aromatic N) is 3. The molecule has 1 atom stereocenters. The maximum Gasteiger partial charge on any atom is 0.410 e. The number of rotatable bonds is 8. The van der Waals surface area contributed by atoms with Gasteiger partial charge in [0.1, 0.15) is 5.60 Å². The van der Waals surface area contributed by atoms with Gasteiger partial charge in [-0.15, -0.1) is 0 Å². The van der Waals surface area contributed by atoms with Gasteiger partial charge in [0.2, 0.25) is 5.91 Å². The molecule has 1 aromatic heterocycles. The molecule has 3 amide bonds. The van der Waals surface area contributed by atoms with E-state index < -0.39 is 5.60 Å². The first-order valence-corrected chi connectivity index (χ1v) is 15.3. The predicted molar refractivity (Wildman–Crippen MR) is 176 cm³/mol. The predicted octanol–water partition coefficient (Wildman–Crippen LogP) is 5.74. The van der Waals surface area contributed by atoms with Crippen molar-refractivity contribution >= 4 is 23.6 Å². The zero-order valence-corrected chi connectivity index (χ0v) is 26.1. The highest BCUT2D eigenvalue weighted by molar-refractivity contribution is 6.01. The van der Waals surface area contributed by atoms with Gasteiger partial charge < -0.3 is 30.2 Å². The van der Waals surface area contributed by atoms with E-state index >= 15 is 0 Å². The van der Waals surface area contributed by atoms with E-state index in [4.69, 9.17) is 10.5 Å². The molecule has 234 valence electrons.